The Kier molecular flexibility index (Phi) is 2.82. The van der Waals surface area contributed by atoms with Gasteiger partial charge in [0.2, 0.25) is 0 Å². The summed E-state index contributed by atoms with van der Waals surface area (Å²) in [5.74, 6) is -0.187. The number of hydrogen-bond donors (Lipinski definition) is 1. The summed E-state index contributed by atoms with van der Waals surface area (Å²) in [4.78, 5) is 10.5. The van der Waals surface area contributed by atoms with Crippen LogP contribution in [-0.2, 0) is 0 Å². The normalized spacial score (nSPS) is 10.2. The van der Waals surface area contributed by atoms with E-state index in [0.29, 0.717) is 12.0 Å². The summed E-state index contributed by atoms with van der Waals surface area (Å²) < 4.78 is 23.9. The molecule has 0 spiro atoms. The highest BCUT2D eigenvalue weighted by atomic mass is 19.1. The van der Waals surface area contributed by atoms with Gasteiger partial charge in [0, 0.05) is 11.8 Å². The Hall–Kier alpha value is -2.30. The molecule has 0 radical (unpaired) electrons. The molecular formula is C12H10FNO3. The highest BCUT2D eigenvalue weighted by Gasteiger charge is 2.15. The number of ether oxygens (including phenoxy) is 1. The molecule has 0 saturated carbocycles. The Bertz CT molecular complexity index is 563. The fourth-order valence-electron chi connectivity index (χ4n) is 1.51. The molecule has 0 unspecified atom stereocenters. The zero-order chi connectivity index (χ0) is 12.4. The Labute approximate surface area is 96.8 Å². The molecular weight excluding hydrogens is 225 g/mol. The molecule has 0 fully saturated rings. The number of nitrogens with two attached hydrogens (primary N) is 1. The van der Waals surface area contributed by atoms with Crippen molar-refractivity contribution in [3.8, 4) is 17.1 Å². The van der Waals surface area contributed by atoms with Gasteiger partial charge in [-0.1, -0.05) is 0 Å². The quantitative estimate of drug-likeness (QED) is 0.655. The van der Waals surface area contributed by atoms with Crippen LogP contribution in [0, 0.1) is 5.82 Å². The van der Waals surface area contributed by atoms with Gasteiger partial charge < -0.3 is 14.9 Å². The Morgan fingerprint density at radius 1 is 1.41 bits per heavy atom. The highest BCUT2D eigenvalue weighted by molar-refractivity contribution is 5.74. The van der Waals surface area contributed by atoms with Gasteiger partial charge in [0.15, 0.2) is 23.6 Å². The molecule has 2 aromatic rings. The SMILES string of the molecule is COc1cc(N)cc(-c2ccc(C=O)o2)c1F. The zero-order valence-corrected chi connectivity index (χ0v) is 9.07. The molecule has 1 aromatic heterocycles. The van der Waals surface area contributed by atoms with Gasteiger partial charge in [0.05, 0.1) is 12.7 Å². The third-order valence-electron chi connectivity index (χ3n) is 2.29. The first-order valence-corrected chi connectivity index (χ1v) is 4.84. The molecule has 0 aliphatic rings. The summed E-state index contributed by atoms with van der Waals surface area (Å²) in [6.45, 7) is 0. The smallest absolute Gasteiger partial charge is 0.185 e. The van der Waals surface area contributed by atoms with Crippen LogP contribution in [0.1, 0.15) is 10.6 Å². The standard InChI is InChI=1S/C12H10FNO3/c1-16-11-5-7(14)4-9(12(11)13)10-3-2-8(6-15)17-10/h2-6H,14H2,1H3. The van der Waals surface area contributed by atoms with Crippen molar-refractivity contribution < 1.29 is 18.3 Å². The summed E-state index contributed by atoms with van der Waals surface area (Å²) in [5.41, 5.74) is 6.13. The fraction of sp³-hybridized carbons (Fsp3) is 0.0833. The molecule has 2 rings (SSSR count). The molecule has 2 N–H and O–H groups in total. The summed E-state index contributed by atoms with van der Waals surface area (Å²) in [6, 6.07) is 5.76. The lowest BCUT2D eigenvalue weighted by molar-refractivity contribution is 0.110. The number of anilines is 1. The van der Waals surface area contributed by atoms with Crippen LogP contribution in [-0.4, -0.2) is 13.4 Å². The monoisotopic (exact) mass is 235 g/mol. The van der Waals surface area contributed by atoms with Crippen molar-refractivity contribution in [1.82, 2.24) is 0 Å². The van der Waals surface area contributed by atoms with Crippen LogP contribution < -0.4 is 10.5 Å². The first kappa shape index (κ1) is 11.2. The second-order valence-corrected chi connectivity index (χ2v) is 3.40. The van der Waals surface area contributed by atoms with Gasteiger partial charge in [0.1, 0.15) is 5.76 Å². The summed E-state index contributed by atoms with van der Waals surface area (Å²) in [5, 5.41) is 0. The molecule has 0 aliphatic heterocycles. The minimum absolute atomic E-state index is 0.0315. The van der Waals surface area contributed by atoms with Crippen molar-refractivity contribution in [3.05, 3.63) is 35.8 Å². The van der Waals surface area contributed by atoms with Crippen molar-refractivity contribution in [2.45, 2.75) is 0 Å². The molecule has 88 valence electrons. The van der Waals surface area contributed by atoms with Crippen LogP contribution >= 0.6 is 0 Å². The van der Waals surface area contributed by atoms with Crippen LogP contribution in [0.15, 0.2) is 28.7 Å². The average Bonchev–Trinajstić information content (AvgIpc) is 2.80. The lowest BCUT2D eigenvalue weighted by atomic mass is 10.1. The van der Waals surface area contributed by atoms with E-state index < -0.39 is 5.82 Å². The molecule has 0 saturated heterocycles. The minimum atomic E-state index is -0.575. The van der Waals surface area contributed by atoms with Crippen LogP contribution in [0.4, 0.5) is 10.1 Å². The van der Waals surface area contributed by atoms with E-state index in [4.69, 9.17) is 14.9 Å². The van der Waals surface area contributed by atoms with Crippen LogP contribution in [0.2, 0.25) is 0 Å². The first-order valence-electron chi connectivity index (χ1n) is 4.84. The van der Waals surface area contributed by atoms with E-state index in [0.717, 1.165) is 0 Å². The molecule has 0 aliphatic carbocycles. The second kappa shape index (κ2) is 4.29. The maximum atomic E-state index is 13.9. The Morgan fingerprint density at radius 2 is 2.18 bits per heavy atom. The summed E-state index contributed by atoms with van der Waals surface area (Å²) in [6.07, 6.45) is 0.547. The van der Waals surface area contributed by atoms with E-state index >= 15 is 0 Å². The lowest BCUT2D eigenvalue weighted by Gasteiger charge is -2.07. The van der Waals surface area contributed by atoms with Crippen LogP contribution in [0.3, 0.4) is 0 Å². The van der Waals surface area contributed by atoms with Gasteiger partial charge in [-0.3, -0.25) is 4.79 Å². The van der Waals surface area contributed by atoms with E-state index in [1.54, 1.807) is 0 Å². The molecule has 0 bridgehead atoms. The first-order chi connectivity index (χ1) is 8.15. The molecule has 1 heterocycles. The zero-order valence-electron chi connectivity index (χ0n) is 9.07. The van der Waals surface area contributed by atoms with E-state index in [1.807, 2.05) is 0 Å². The Balaban J connectivity index is 2.58. The predicted molar refractivity (Wildman–Crippen MR) is 60.5 cm³/mol. The van der Waals surface area contributed by atoms with Gasteiger partial charge >= 0.3 is 0 Å². The van der Waals surface area contributed by atoms with E-state index in [1.165, 1.54) is 31.4 Å². The number of halogens is 1. The number of nitrogen functional groups attached to an aromatic ring is 1. The van der Waals surface area contributed by atoms with Gasteiger partial charge in [-0.25, -0.2) is 4.39 Å². The number of furan rings is 1. The van der Waals surface area contributed by atoms with Crippen molar-refractivity contribution in [2.24, 2.45) is 0 Å². The maximum absolute atomic E-state index is 13.9. The number of carbonyl (C=O) groups is 1. The van der Waals surface area contributed by atoms with Crippen molar-refractivity contribution in [1.29, 1.82) is 0 Å². The topological polar surface area (TPSA) is 65.5 Å². The summed E-state index contributed by atoms with van der Waals surface area (Å²) >= 11 is 0. The van der Waals surface area contributed by atoms with E-state index in [-0.39, 0.29) is 22.8 Å². The largest absolute Gasteiger partial charge is 0.494 e. The van der Waals surface area contributed by atoms with E-state index in [9.17, 15) is 9.18 Å². The van der Waals surface area contributed by atoms with Gasteiger partial charge in [-0.15, -0.1) is 0 Å². The van der Waals surface area contributed by atoms with E-state index in [2.05, 4.69) is 0 Å². The van der Waals surface area contributed by atoms with Crippen molar-refractivity contribution in [2.75, 3.05) is 12.8 Å². The third-order valence-corrected chi connectivity index (χ3v) is 2.29. The molecule has 0 amide bonds. The molecule has 5 heteroatoms. The molecule has 4 nitrogen and oxygen atoms in total. The minimum Gasteiger partial charge on any atom is -0.494 e. The number of rotatable bonds is 3. The second-order valence-electron chi connectivity index (χ2n) is 3.40. The van der Waals surface area contributed by atoms with Crippen molar-refractivity contribution >= 4 is 12.0 Å². The summed E-state index contributed by atoms with van der Waals surface area (Å²) in [7, 11) is 1.35. The lowest BCUT2D eigenvalue weighted by Crippen LogP contribution is -1.94. The third kappa shape index (κ3) is 1.99. The fourth-order valence-corrected chi connectivity index (χ4v) is 1.51. The number of benzene rings is 1. The van der Waals surface area contributed by atoms with Gasteiger partial charge in [-0.2, -0.15) is 0 Å². The van der Waals surface area contributed by atoms with Gasteiger partial charge in [0.25, 0.3) is 0 Å². The maximum Gasteiger partial charge on any atom is 0.185 e. The molecule has 17 heavy (non-hydrogen) atoms. The number of methoxy groups -OCH3 is 1. The molecule has 0 atom stereocenters. The van der Waals surface area contributed by atoms with Crippen LogP contribution in [0.5, 0.6) is 5.75 Å². The van der Waals surface area contributed by atoms with Crippen molar-refractivity contribution in [3.63, 3.8) is 0 Å². The number of aldehydes is 1. The highest BCUT2D eigenvalue weighted by Crippen LogP contribution is 2.32. The van der Waals surface area contributed by atoms with Gasteiger partial charge in [-0.05, 0) is 18.2 Å². The Morgan fingerprint density at radius 3 is 2.76 bits per heavy atom. The molecule has 1 aromatic carbocycles. The predicted octanol–water partition coefficient (Wildman–Crippen LogP) is 2.49. The number of hydrogen-bond acceptors (Lipinski definition) is 4. The van der Waals surface area contributed by atoms with Crippen LogP contribution in [0.25, 0.3) is 11.3 Å². The number of carbonyl (C=O) groups excluding carboxylic acids is 1. The average molecular weight is 235 g/mol.